The van der Waals surface area contributed by atoms with Crippen LogP contribution in [0, 0.1) is 6.92 Å². The number of carbonyl (C=O) groups is 2. The molecule has 0 aliphatic heterocycles. The maximum atomic E-state index is 11.8. The molecule has 0 saturated carbocycles. The zero-order valence-electron chi connectivity index (χ0n) is 12.1. The second-order valence-corrected chi connectivity index (χ2v) is 5.64. The molecule has 1 aromatic carbocycles. The smallest absolute Gasteiger partial charge is 0.233 e. The highest BCUT2D eigenvalue weighted by Crippen LogP contribution is 2.20. The molecule has 2 rings (SSSR count). The quantitative estimate of drug-likeness (QED) is 0.804. The number of carbonyl (C=O) groups excluding carboxylic acids is 2. The number of pyridine rings is 1. The van der Waals surface area contributed by atoms with Crippen LogP contribution in [0.5, 0.6) is 0 Å². The van der Waals surface area contributed by atoms with Gasteiger partial charge in [-0.15, -0.1) is 0 Å². The minimum absolute atomic E-state index is 0.220. The Morgan fingerprint density at radius 1 is 1.18 bits per heavy atom. The summed E-state index contributed by atoms with van der Waals surface area (Å²) >= 11 is 3.40. The van der Waals surface area contributed by atoms with E-state index in [4.69, 9.17) is 0 Å². The van der Waals surface area contributed by atoms with Crippen LogP contribution in [-0.2, 0) is 16.1 Å². The van der Waals surface area contributed by atoms with Gasteiger partial charge in [0.1, 0.15) is 6.42 Å². The molecule has 0 aliphatic carbocycles. The highest BCUT2D eigenvalue weighted by molar-refractivity contribution is 9.10. The molecule has 2 amide bonds. The van der Waals surface area contributed by atoms with Gasteiger partial charge in [-0.2, -0.15) is 0 Å². The molecule has 0 spiro atoms. The van der Waals surface area contributed by atoms with Gasteiger partial charge in [0.15, 0.2) is 0 Å². The first kappa shape index (κ1) is 16.2. The number of aryl methyl sites for hydroxylation is 1. The van der Waals surface area contributed by atoms with Crippen molar-refractivity contribution in [1.82, 2.24) is 10.3 Å². The van der Waals surface area contributed by atoms with E-state index < -0.39 is 0 Å². The number of amides is 2. The SMILES string of the molecule is Cc1cc(NC(=O)CC(=O)NCc2ccccn2)ccc1Br. The van der Waals surface area contributed by atoms with Crippen LogP contribution in [0.2, 0.25) is 0 Å². The minimum atomic E-state index is -0.347. The maximum Gasteiger partial charge on any atom is 0.233 e. The predicted molar refractivity (Wildman–Crippen MR) is 88.2 cm³/mol. The largest absolute Gasteiger partial charge is 0.350 e. The van der Waals surface area contributed by atoms with Crippen LogP contribution in [0.25, 0.3) is 0 Å². The number of hydrogen-bond donors (Lipinski definition) is 2. The van der Waals surface area contributed by atoms with Gasteiger partial charge in [0, 0.05) is 16.4 Å². The standard InChI is InChI=1S/C16H16BrN3O2/c1-11-8-12(5-6-14(11)17)20-16(22)9-15(21)19-10-13-4-2-3-7-18-13/h2-8H,9-10H2,1H3,(H,19,21)(H,20,22). The first-order valence-electron chi connectivity index (χ1n) is 6.77. The molecule has 0 aliphatic rings. The van der Waals surface area contributed by atoms with Crippen molar-refractivity contribution < 1.29 is 9.59 Å². The van der Waals surface area contributed by atoms with Gasteiger partial charge in [0.25, 0.3) is 0 Å². The minimum Gasteiger partial charge on any atom is -0.350 e. The van der Waals surface area contributed by atoms with Crippen molar-refractivity contribution in [2.75, 3.05) is 5.32 Å². The Kier molecular flexibility index (Phi) is 5.66. The second-order valence-electron chi connectivity index (χ2n) is 4.79. The van der Waals surface area contributed by atoms with Gasteiger partial charge < -0.3 is 10.6 Å². The van der Waals surface area contributed by atoms with Crippen molar-refractivity contribution in [2.45, 2.75) is 19.9 Å². The fourth-order valence-corrected chi connectivity index (χ4v) is 2.07. The van der Waals surface area contributed by atoms with Gasteiger partial charge in [-0.25, -0.2) is 0 Å². The molecular weight excluding hydrogens is 346 g/mol. The van der Waals surface area contributed by atoms with Gasteiger partial charge in [-0.1, -0.05) is 22.0 Å². The lowest BCUT2D eigenvalue weighted by atomic mass is 10.2. The van der Waals surface area contributed by atoms with E-state index in [1.807, 2.05) is 31.2 Å². The van der Waals surface area contributed by atoms with E-state index in [1.165, 1.54) is 0 Å². The summed E-state index contributed by atoms with van der Waals surface area (Å²) in [7, 11) is 0. The van der Waals surface area contributed by atoms with Crippen LogP contribution in [0.15, 0.2) is 47.1 Å². The van der Waals surface area contributed by atoms with Crippen LogP contribution in [0.1, 0.15) is 17.7 Å². The van der Waals surface area contributed by atoms with Crippen molar-refractivity contribution in [3.05, 3.63) is 58.3 Å². The summed E-state index contributed by atoms with van der Waals surface area (Å²) in [6.45, 7) is 2.24. The first-order chi connectivity index (χ1) is 10.5. The van der Waals surface area contributed by atoms with Crippen LogP contribution < -0.4 is 10.6 Å². The highest BCUT2D eigenvalue weighted by Gasteiger charge is 2.10. The topological polar surface area (TPSA) is 71.1 Å². The fraction of sp³-hybridized carbons (Fsp3) is 0.188. The van der Waals surface area contributed by atoms with E-state index in [1.54, 1.807) is 18.3 Å². The lowest BCUT2D eigenvalue weighted by molar-refractivity contribution is -0.126. The summed E-state index contributed by atoms with van der Waals surface area (Å²) in [5.41, 5.74) is 2.43. The number of nitrogens with one attached hydrogen (secondary N) is 2. The molecule has 2 aromatic rings. The van der Waals surface area contributed by atoms with Crippen LogP contribution >= 0.6 is 15.9 Å². The van der Waals surface area contributed by atoms with E-state index >= 15 is 0 Å². The average molecular weight is 362 g/mol. The molecule has 0 saturated heterocycles. The monoisotopic (exact) mass is 361 g/mol. The molecule has 114 valence electrons. The maximum absolute atomic E-state index is 11.8. The molecule has 6 heteroatoms. The molecule has 2 N–H and O–H groups in total. The molecule has 1 aromatic heterocycles. The number of nitrogens with zero attached hydrogens (tertiary/aromatic N) is 1. The first-order valence-corrected chi connectivity index (χ1v) is 7.56. The third kappa shape index (κ3) is 4.96. The Balaban J connectivity index is 1.81. The Morgan fingerprint density at radius 2 is 2.00 bits per heavy atom. The van der Waals surface area contributed by atoms with Crippen LogP contribution in [0.3, 0.4) is 0 Å². The summed E-state index contributed by atoms with van der Waals surface area (Å²) in [4.78, 5) is 27.7. The zero-order chi connectivity index (χ0) is 15.9. The van der Waals surface area contributed by atoms with E-state index in [2.05, 4.69) is 31.5 Å². The number of anilines is 1. The summed E-state index contributed by atoms with van der Waals surface area (Å²) in [5.74, 6) is -0.683. The molecule has 0 fully saturated rings. The second kappa shape index (κ2) is 7.70. The van der Waals surface area contributed by atoms with E-state index in [0.29, 0.717) is 12.2 Å². The lowest BCUT2D eigenvalue weighted by Crippen LogP contribution is -2.28. The van der Waals surface area contributed by atoms with Gasteiger partial charge in [0.2, 0.25) is 11.8 Å². The normalized spacial score (nSPS) is 10.1. The molecule has 0 radical (unpaired) electrons. The number of halogens is 1. The predicted octanol–water partition coefficient (Wildman–Crippen LogP) is 2.80. The number of benzene rings is 1. The van der Waals surface area contributed by atoms with Gasteiger partial charge in [-0.3, -0.25) is 14.6 Å². The summed E-state index contributed by atoms with van der Waals surface area (Å²) in [6, 6.07) is 10.9. The van der Waals surface area contributed by atoms with E-state index in [9.17, 15) is 9.59 Å². The van der Waals surface area contributed by atoms with Gasteiger partial charge in [0.05, 0.1) is 12.2 Å². The van der Waals surface area contributed by atoms with Crippen molar-refractivity contribution in [1.29, 1.82) is 0 Å². The Hall–Kier alpha value is -2.21. The van der Waals surface area contributed by atoms with Crippen LogP contribution in [0.4, 0.5) is 5.69 Å². The molecule has 0 unspecified atom stereocenters. The molecule has 1 heterocycles. The fourth-order valence-electron chi connectivity index (χ4n) is 1.83. The highest BCUT2D eigenvalue weighted by atomic mass is 79.9. The molecular formula is C16H16BrN3O2. The Bertz CT molecular complexity index is 674. The summed E-state index contributed by atoms with van der Waals surface area (Å²) in [6.07, 6.45) is 1.44. The van der Waals surface area contributed by atoms with Gasteiger partial charge in [-0.05, 0) is 42.8 Å². The van der Waals surface area contributed by atoms with Crippen molar-refractivity contribution in [3.8, 4) is 0 Å². The van der Waals surface area contributed by atoms with Crippen molar-refractivity contribution in [2.24, 2.45) is 0 Å². The molecule has 0 bridgehead atoms. The summed E-state index contributed by atoms with van der Waals surface area (Å²) < 4.78 is 0.971. The summed E-state index contributed by atoms with van der Waals surface area (Å²) in [5, 5.41) is 5.37. The van der Waals surface area contributed by atoms with Crippen molar-refractivity contribution in [3.63, 3.8) is 0 Å². The third-order valence-corrected chi connectivity index (χ3v) is 3.85. The molecule has 5 nitrogen and oxygen atoms in total. The number of hydrogen-bond acceptors (Lipinski definition) is 3. The lowest BCUT2D eigenvalue weighted by Gasteiger charge is -2.08. The van der Waals surface area contributed by atoms with Crippen LogP contribution in [-0.4, -0.2) is 16.8 Å². The zero-order valence-corrected chi connectivity index (χ0v) is 13.7. The molecule has 22 heavy (non-hydrogen) atoms. The molecule has 0 atom stereocenters. The number of aromatic nitrogens is 1. The van der Waals surface area contributed by atoms with E-state index in [-0.39, 0.29) is 18.2 Å². The average Bonchev–Trinajstić information content (AvgIpc) is 2.50. The Labute approximate surface area is 137 Å². The van der Waals surface area contributed by atoms with Gasteiger partial charge >= 0.3 is 0 Å². The Morgan fingerprint density at radius 3 is 2.68 bits per heavy atom. The third-order valence-electron chi connectivity index (χ3n) is 2.96. The number of rotatable bonds is 5. The van der Waals surface area contributed by atoms with Crippen molar-refractivity contribution >= 4 is 33.4 Å². The van der Waals surface area contributed by atoms with E-state index in [0.717, 1.165) is 15.7 Å².